The molecule has 1 aliphatic heterocycles. The van der Waals surface area contributed by atoms with Gasteiger partial charge in [0.2, 0.25) is 0 Å². The Morgan fingerprint density at radius 1 is 1.26 bits per heavy atom. The summed E-state index contributed by atoms with van der Waals surface area (Å²) >= 11 is 5.33. The molecule has 2 aromatic carbocycles. The monoisotopic (exact) mass is 388 g/mol. The second kappa shape index (κ2) is 8.12. The summed E-state index contributed by atoms with van der Waals surface area (Å²) in [4.78, 5) is 12.4. The van der Waals surface area contributed by atoms with Gasteiger partial charge in [-0.15, -0.1) is 0 Å². The Balaban J connectivity index is 1.90. The molecule has 0 aromatic heterocycles. The van der Waals surface area contributed by atoms with Crippen LogP contribution >= 0.6 is 12.2 Å². The van der Waals surface area contributed by atoms with Gasteiger partial charge in [-0.05, 0) is 37.3 Å². The molecule has 1 heterocycles. The summed E-state index contributed by atoms with van der Waals surface area (Å²) < 4.78 is 20.4. The highest BCUT2D eigenvalue weighted by molar-refractivity contribution is 7.80. The maximum absolute atomic E-state index is 14.6. The van der Waals surface area contributed by atoms with E-state index >= 15 is 0 Å². The van der Waals surface area contributed by atoms with Crippen molar-refractivity contribution in [2.45, 2.75) is 18.6 Å². The molecular formula is C20H21FN2O3S. The molecular weight excluding hydrogens is 367 g/mol. The van der Waals surface area contributed by atoms with Gasteiger partial charge in [0.05, 0.1) is 19.3 Å². The Hall–Kier alpha value is -2.35. The number of aliphatic hydroxyl groups is 1. The number of aliphatic hydroxyl groups excluding tert-OH is 1. The molecule has 1 aliphatic rings. The lowest BCUT2D eigenvalue weighted by molar-refractivity contribution is 0.0865. The summed E-state index contributed by atoms with van der Waals surface area (Å²) in [6, 6.07) is 14.9. The third-order valence-corrected chi connectivity index (χ3v) is 5.16. The van der Waals surface area contributed by atoms with Gasteiger partial charge in [-0.3, -0.25) is 10.1 Å². The fraction of sp³-hybridized carbons (Fsp3) is 0.300. The van der Waals surface area contributed by atoms with Crippen molar-refractivity contribution in [2.75, 3.05) is 13.2 Å². The SMILES string of the molecule is C[C@@H]1OC[C@@H](CO)[C@]1(NC(=S)NC(=O)c1ccccc1)c1ccccc1F. The minimum Gasteiger partial charge on any atom is -0.396 e. The van der Waals surface area contributed by atoms with E-state index in [1.807, 2.05) is 6.07 Å². The van der Waals surface area contributed by atoms with Crippen LogP contribution in [0.3, 0.4) is 0 Å². The summed E-state index contributed by atoms with van der Waals surface area (Å²) in [5.41, 5.74) is -0.303. The Kier molecular flexibility index (Phi) is 5.84. The predicted octanol–water partition coefficient (Wildman–Crippen LogP) is 2.35. The van der Waals surface area contributed by atoms with Gasteiger partial charge in [0.15, 0.2) is 5.11 Å². The molecule has 1 saturated heterocycles. The number of carbonyl (C=O) groups is 1. The Labute approximate surface area is 162 Å². The molecule has 27 heavy (non-hydrogen) atoms. The van der Waals surface area contributed by atoms with Gasteiger partial charge in [0.25, 0.3) is 5.91 Å². The van der Waals surface area contributed by atoms with Crippen LogP contribution in [0.1, 0.15) is 22.8 Å². The van der Waals surface area contributed by atoms with Crippen LogP contribution in [0.15, 0.2) is 54.6 Å². The second-order valence-corrected chi connectivity index (χ2v) is 6.89. The van der Waals surface area contributed by atoms with Gasteiger partial charge in [0.1, 0.15) is 11.4 Å². The van der Waals surface area contributed by atoms with Crippen molar-refractivity contribution in [1.82, 2.24) is 10.6 Å². The van der Waals surface area contributed by atoms with Crippen LogP contribution in [0.2, 0.25) is 0 Å². The average Bonchev–Trinajstić information content (AvgIpc) is 2.98. The van der Waals surface area contributed by atoms with Gasteiger partial charge in [-0.1, -0.05) is 36.4 Å². The first-order valence-electron chi connectivity index (χ1n) is 8.65. The van der Waals surface area contributed by atoms with Crippen LogP contribution in [0, 0.1) is 11.7 Å². The molecule has 3 N–H and O–H groups in total. The lowest BCUT2D eigenvalue weighted by atomic mass is 9.76. The van der Waals surface area contributed by atoms with Crippen molar-refractivity contribution in [3.63, 3.8) is 0 Å². The van der Waals surface area contributed by atoms with E-state index < -0.39 is 23.4 Å². The Morgan fingerprint density at radius 3 is 2.59 bits per heavy atom. The molecule has 1 fully saturated rings. The number of nitrogens with one attached hydrogen (secondary N) is 2. The molecule has 7 heteroatoms. The van der Waals surface area contributed by atoms with Gasteiger partial charge in [0, 0.05) is 17.0 Å². The van der Waals surface area contributed by atoms with E-state index in [-0.39, 0.29) is 24.2 Å². The topological polar surface area (TPSA) is 70.6 Å². The number of benzene rings is 2. The van der Waals surface area contributed by atoms with Gasteiger partial charge < -0.3 is 15.2 Å². The third kappa shape index (κ3) is 3.71. The lowest BCUT2D eigenvalue weighted by Crippen LogP contribution is -2.58. The highest BCUT2D eigenvalue weighted by atomic mass is 32.1. The third-order valence-electron chi connectivity index (χ3n) is 4.96. The fourth-order valence-electron chi connectivity index (χ4n) is 3.54. The molecule has 0 unspecified atom stereocenters. The zero-order chi connectivity index (χ0) is 19.4. The molecule has 2 aromatic rings. The summed E-state index contributed by atoms with van der Waals surface area (Å²) in [6.07, 6.45) is -0.474. The van der Waals surface area contributed by atoms with Crippen LogP contribution in [-0.2, 0) is 10.3 Å². The fourth-order valence-corrected chi connectivity index (χ4v) is 3.80. The van der Waals surface area contributed by atoms with E-state index in [1.165, 1.54) is 6.07 Å². The number of hydrogen-bond donors (Lipinski definition) is 3. The second-order valence-electron chi connectivity index (χ2n) is 6.48. The molecule has 3 atom stereocenters. The van der Waals surface area contributed by atoms with E-state index in [2.05, 4.69) is 10.6 Å². The lowest BCUT2D eigenvalue weighted by Gasteiger charge is -2.39. The standard InChI is InChI=1S/C20H21FN2O3S/c1-13-20(15(11-24)12-26-13,16-9-5-6-10-17(16)21)23-19(27)22-18(25)14-7-3-2-4-8-14/h2-10,13,15,24H,11-12H2,1H3,(H2,22,23,25,27)/t13-,15+,20-/m0/s1. The number of halogens is 1. The van der Waals surface area contributed by atoms with Gasteiger partial charge >= 0.3 is 0 Å². The number of carbonyl (C=O) groups excluding carboxylic acids is 1. The minimum atomic E-state index is -1.10. The van der Waals surface area contributed by atoms with Crippen LogP contribution in [-0.4, -0.2) is 35.4 Å². The molecule has 0 saturated carbocycles. The van der Waals surface area contributed by atoms with E-state index in [0.717, 1.165) is 0 Å². The molecule has 0 radical (unpaired) electrons. The van der Waals surface area contributed by atoms with Gasteiger partial charge in [-0.25, -0.2) is 4.39 Å². The molecule has 1 amide bonds. The molecule has 0 spiro atoms. The predicted molar refractivity (Wildman–Crippen MR) is 104 cm³/mol. The van der Waals surface area contributed by atoms with E-state index in [9.17, 15) is 14.3 Å². The molecule has 5 nitrogen and oxygen atoms in total. The Morgan fingerprint density at radius 2 is 1.93 bits per heavy atom. The number of thiocarbonyl (C=S) groups is 1. The van der Waals surface area contributed by atoms with Crippen molar-refractivity contribution >= 4 is 23.2 Å². The first-order valence-corrected chi connectivity index (χ1v) is 9.06. The first kappa shape index (κ1) is 19.4. The highest BCUT2D eigenvalue weighted by Gasteiger charge is 2.52. The molecule has 142 valence electrons. The zero-order valence-corrected chi connectivity index (χ0v) is 15.6. The normalized spacial score (nSPS) is 24.4. The summed E-state index contributed by atoms with van der Waals surface area (Å²) in [7, 11) is 0. The smallest absolute Gasteiger partial charge is 0.257 e. The van der Waals surface area contributed by atoms with Crippen molar-refractivity contribution in [3.05, 3.63) is 71.5 Å². The van der Waals surface area contributed by atoms with Gasteiger partial charge in [-0.2, -0.15) is 0 Å². The Bertz CT molecular complexity index is 833. The van der Waals surface area contributed by atoms with E-state index in [1.54, 1.807) is 49.4 Å². The summed E-state index contributed by atoms with van der Waals surface area (Å²) in [6.45, 7) is 1.81. The summed E-state index contributed by atoms with van der Waals surface area (Å²) in [5, 5.41) is 15.6. The minimum absolute atomic E-state index is 0.0444. The van der Waals surface area contributed by atoms with Crippen LogP contribution < -0.4 is 10.6 Å². The number of hydrogen-bond acceptors (Lipinski definition) is 4. The number of rotatable bonds is 4. The van der Waals surface area contributed by atoms with Crippen LogP contribution in [0.4, 0.5) is 4.39 Å². The maximum atomic E-state index is 14.6. The maximum Gasteiger partial charge on any atom is 0.257 e. The van der Waals surface area contributed by atoms with Crippen molar-refractivity contribution < 1.29 is 19.0 Å². The molecule has 0 bridgehead atoms. The average molecular weight is 388 g/mol. The highest BCUT2D eigenvalue weighted by Crippen LogP contribution is 2.41. The van der Waals surface area contributed by atoms with Crippen molar-refractivity contribution in [2.24, 2.45) is 5.92 Å². The van der Waals surface area contributed by atoms with Crippen molar-refractivity contribution in [3.8, 4) is 0 Å². The summed E-state index contributed by atoms with van der Waals surface area (Å²) in [5.74, 6) is -1.24. The molecule has 3 rings (SSSR count). The van der Waals surface area contributed by atoms with E-state index in [0.29, 0.717) is 11.1 Å². The van der Waals surface area contributed by atoms with Crippen LogP contribution in [0.25, 0.3) is 0 Å². The van der Waals surface area contributed by atoms with E-state index in [4.69, 9.17) is 17.0 Å². The van der Waals surface area contributed by atoms with Crippen LogP contribution in [0.5, 0.6) is 0 Å². The largest absolute Gasteiger partial charge is 0.396 e. The zero-order valence-electron chi connectivity index (χ0n) is 14.8. The number of amides is 1. The number of ether oxygens (including phenoxy) is 1. The quantitative estimate of drug-likeness (QED) is 0.702. The van der Waals surface area contributed by atoms with Crippen molar-refractivity contribution in [1.29, 1.82) is 0 Å². The first-order chi connectivity index (χ1) is 13.0. The molecule has 0 aliphatic carbocycles.